The lowest BCUT2D eigenvalue weighted by Gasteiger charge is -2.38. The Morgan fingerprint density at radius 2 is 1.79 bits per heavy atom. The molecule has 0 radical (unpaired) electrons. The first-order chi connectivity index (χ1) is 12.8. The van der Waals surface area contributed by atoms with E-state index in [2.05, 4.69) is 33.4 Å². The molecule has 0 spiro atoms. The Bertz CT molecular complexity index is 795. The highest BCUT2D eigenvalue weighted by molar-refractivity contribution is 5.86. The van der Waals surface area contributed by atoms with Crippen LogP contribution in [0.3, 0.4) is 0 Å². The molecule has 1 aliphatic heterocycles. The predicted molar refractivity (Wildman–Crippen MR) is 110 cm³/mol. The number of rotatable bonds is 5. The van der Waals surface area contributed by atoms with Crippen LogP contribution in [0.1, 0.15) is 49.4 Å². The van der Waals surface area contributed by atoms with Gasteiger partial charge in [-0.3, -0.25) is 9.59 Å². The third-order valence-electron chi connectivity index (χ3n) is 6.10. The first kappa shape index (κ1) is 22.2. The monoisotopic (exact) mass is 391 g/mol. The molecule has 1 aromatic rings. The maximum atomic E-state index is 12.9. The van der Waals surface area contributed by atoms with E-state index in [4.69, 9.17) is 9.47 Å². The van der Waals surface area contributed by atoms with Gasteiger partial charge in [-0.15, -0.1) is 0 Å². The van der Waals surface area contributed by atoms with Gasteiger partial charge in [0.25, 0.3) is 5.91 Å². The Kier molecular flexibility index (Phi) is 6.14. The predicted octanol–water partition coefficient (Wildman–Crippen LogP) is 2.83. The summed E-state index contributed by atoms with van der Waals surface area (Å²) < 4.78 is 12.5. The van der Waals surface area contributed by atoms with Crippen molar-refractivity contribution in [3.05, 3.63) is 22.3 Å². The Morgan fingerprint density at radius 3 is 2.32 bits per heavy atom. The Morgan fingerprint density at radius 1 is 1.18 bits per heavy atom. The molecule has 1 aliphatic rings. The fourth-order valence-electron chi connectivity index (χ4n) is 3.39. The summed E-state index contributed by atoms with van der Waals surface area (Å²) in [5, 5.41) is 3.07. The number of quaternary nitrogens is 1. The van der Waals surface area contributed by atoms with Crippen LogP contribution < -0.4 is 14.8 Å². The van der Waals surface area contributed by atoms with E-state index in [9.17, 15) is 9.59 Å². The second-order valence-electron chi connectivity index (χ2n) is 9.11. The van der Waals surface area contributed by atoms with Crippen molar-refractivity contribution in [2.45, 2.75) is 66.0 Å². The quantitative estimate of drug-likeness (QED) is 0.476. The molecule has 2 unspecified atom stereocenters. The van der Waals surface area contributed by atoms with Gasteiger partial charge in [0.15, 0.2) is 5.60 Å². The lowest BCUT2D eigenvalue weighted by molar-refractivity contribution is -0.892. The number of hydrogen-bond acceptors (Lipinski definition) is 4. The van der Waals surface area contributed by atoms with Gasteiger partial charge in [0.1, 0.15) is 17.5 Å². The molecule has 0 bridgehead atoms. The standard InChI is InChI=1S/C22H34N2O4/c1-13(24(7,8)9)12-23-21(26)22(6)11-10-18-16(4)19(27-17(5)25)14(2)15(3)20(18)28-22/h13H,10-12H2,1-9H3/p+1. The minimum Gasteiger partial charge on any atom is -0.477 e. The molecule has 28 heavy (non-hydrogen) atoms. The van der Waals surface area contributed by atoms with Crippen molar-refractivity contribution in [2.75, 3.05) is 27.7 Å². The molecule has 1 N–H and O–H groups in total. The molecule has 156 valence electrons. The van der Waals surface area contributed by atoms with Crippen molar-refractivity contribution >= 4 is 11.9 Å². The smallest absolute Gasteiger partial charge is 0.308 e. The summed E-state index contributed by atoms with van der Waals surface area (Å²) in [7, 11) is 6.34. The summed E-state index contributed by atoms with van der Waals surface area (Å²) >= 11 is 0. The van der Waals surface area contributed by atoms with Crippen LogP contribution in [0.25, 0.3) is 0 Å². The zero-order chi connectivity index (χ0) is 21.4. The van der Waals surface area contributed by atoms with Gasteiger partial charge in [0.2, 0.25) is 0 Å². The van der Waals surface area contributed by atoms with Crippen LogP contribution in [-0.4, -0.2) is 55.7 Å². The lowest BCUT2D eigenvalue weighted by atomic mass is 9.86. The Balaban J connectivity index is 2.28. The summed E-state index contributed by atoms with van der Waals surface area (Å²) in [5.74, 6) is 0.932. The number of nitrogens with zero attached hydrogens (tertiary/aromatic N) is 1. The van der Waals surface area contributed by atoms with Crippen molar-refractivity contribution in [1.29, 1.82) is 0 Å². The van der Waals surface area contributed by atoms with E-state index in [1.807, 2.05) is 27.7 Å². The second kappa shape index (κ2) is 7.74. The number of carbonyl (C=O) groups excluding carboxylic acids is 2. The minimum atomic E-state index is -0.913. The zero-order valence-electron chi connectivity index (χ0n) is 18.8. The maximum absolute atomic E-state index is 12.9. The van der Waals surface area contributed by atoms with Gasteiger partial charge < -0.3 is 19.3 Å². The summed E-state index contributed by atoms with van der Waals surface area (Å²) in [6.45, 7) is 11.8. The van der Waals surface area contributed by atoms with Gasteiger partial charge in [-0.25, -0.2) is 0 Å². The Hall–Kier alpha value is -2.08. The molecule has 0 saturated heterocycles. The molecule has 6 nitrogen and oxygen atoms in total. The van der Waals surface area contributed by atoms with Crippen LogP contribution in [0.2, 0.25) is 0 Å². The first-order valence-electron chi connectivity index (χ1n) is 9.87. The van der Waals surface area contributed by atoms with Crippen LogP contribution >= 0.6 is 0 Å². The van der Waals surface area contributed by atoms with Gasteiger partial charge >= 0.3 is 5.97 Å². The second-order valence-corrected chi connectivity index (χ2v) is 9.11. The molecule has 2 atom stereocenters. The van der Waals surface area contributed by atoms with Crippen molar-refractivity contribution in [1.82, 2.24) is 5.32 Å². The number of likely N-dealkylation sites (N-methyl/N-ethyl adjacent to an activating group) is 1. The largest absolute Gasteiger partial charge is 0.477 e. The molecular formula is C22H35N2O4+. The van der Waals surface area contributed by atoms with Crippen LogP contribution in [0, 0.1) is 20.8 Å². The van der Waals surface area contributed by atoms with Crippen LogP contribution in [0.15, 0.2) is 0 Å². The summed E-state index contributed by atoms with van der Waals surface area (Å²) in [6, 6.07) is 0.293. The highest BCUT2D eigenvalue weighted by atomic mass is 16.5. The van der Waals surface area contributed by atoms with E-state index in [1.54, 1.807) is 0 Å². The number of hydrogen-bond donors (Lipinski definition) is 1. The molecule has 0 aromatic heterocycles. The normalized spacial score (nSPS) is 20.0. The number of carbonyl (C=O) groups is 2. The van der Waals surface area contributed by atoms with Crippen LogP contribution in [0.5, 0.6) is 11.5 Å². The van der Waals surface area contributed by atoms with Gasteiger partial charge in [-0.2, -0.15) is 0 Å². The summed E-state index contributed by atoms with van der Waals surface area (Å²) in [5.41, 5.74) is 2.80. The molecule has 2 rings (SSSR count). The highest BCUT2D eigenvalue weighted by Crippen LogP contribution is 2.43. The lowest BCUT2D eigenvalue weighted by Crippen LogP contribution is -2.55. The van der Waals surface area contributed by atoms with Gasteiger partial charge in [0.05, 0.1) is 27.7 Å². The number of ether oxygens (including phenoxy) is 2. The SMILES string of the molecule is CC(=O)Oc1c(C)c(C)c2c(c1C)CCC(C)(C(=O)NCC(C)[N+](C)(C)C)O2. The van der Waals surface area contributed by atoms with Crippen LogP contribution in [0.4, 0.5) is 0 Å². The fraction of sp³-hybridized carbons (Fsp3) is 0.636. The molecule has 1 aromatic carbocycles. The topological polar surface area (TPSA) is 64.6 Å². The third kappa shape index (κ3) is 4.32. The molecule has 0 fully saturated rings. The number of amides is 1. The van der Waals surface area contributed by atoms with Crippen molar-refractivity contribution in [3.63, 3.8) is 0 Å². The zero-order valence-corrected chi connectivity index (χ0v) is 18.8. The molecule has 1 heterocycles. The average molecular weight is 392 g/mol. The van der Waals surface area contributed by atoms with Crippen molar-refractivity contribution in [3.8, 4) is 11.5 Å². The number of esters is 1. The molecular weight excluding hydrogens is 356 g/mol. The minimum absolute atomic E-state index is 0.0859. The number of benzene rings is 1. The van der Waals surface area contributed by atoms with E-state index in [1.165, 1.54) is 6.92 Å². The Labute approximate surface area is 168 Å². The average Bonchev–Trinajstić information content (AvgIpc) is 2.59. The number of nitrogens with one attached hydrogen (secondary N) is 1. The van der Waals surface area contributed by atoms with E-state index in [-0.39, 0.29) is 11.9 Å². The van der Waals surface area contributed by atoms with Gasteiger partial charge in [0, 0.05) is 18.9 Å². The fourth-order valence-corrected chi connectivity index (χ4v) is 3.39. The first-order valence-corrected chi connectivity index (χ1v) is 9.87. The molecule has 1 amide bonds. The van der Waals surface area contributed by atoms with E-state index in [0.29, 0.717) is 31.2 Å². The summed E-state index contributed by atoms with van der Waals surface area (Å²) in [4.78, 5) is 24.4. The van der Waals surface area contributed by atoms with E-state index in [0.717, 1.165) is 32.5 Å². The van der Waals surface area contributed by atoms with E-state index < -0.39 is 5.60 Å². The third-order valence-corrected chi connectivity index (χ3v) is 6.10. The van der Waals surface area contributed by atoms with E-state index >= 15 is 0 Å². The van der Waals surface area contributed by atoms with Crippen molar-refractivity contribution < 1.29 is 23.5 Å². The van der Waals surface area contributed by atoms with Crippen molar-refractivity contribution in [2.24, 2.45) is 0 Å². The molecule has 6 heteroatoms. The van der Waals surface area contributed by atoms with Crippen LogP contribution in [-0.2, 0) is 16.0 Å². The molecule has 0 aliphatic carbocycles. The number of fused-ring (bicyclic) bond motifs is 1. The van der Waals surface area contributed by atoms with Gasteiger partial charge in [-0.1, -0.05) is 0 Å². The van der Waals surface area contributed by atoms with Gasteiger partial charge in [-0.05, 0) is 57.7 Å². The summed E-state index contributed by atoms with van der Waals surface area (Å²) in [6.07, 6.45) is 1.28. The highest BCUT2D eigenvalue weighted by Gasteiger charge is 2.41. The maximum Gasteiger partial charge on any atom is 0.308 e. The molecule has 0 saturated carbocycles.